The normalized spacial score (nSPS) is 14.1. The Labute approximate surface area is 121 Å². The number of carbonyl (C=O) groups excluding carboxylic acids is 1. The van der Waals surface area contributed by atoms with Gasteiger partial charge in [0.15, 0.2) is 0 Å². The summed E-state index contributed by atoms with van der Waals surface area (Å²) in [5.74, 6) is 0.322. The second-order valence-electron chi connectivity index (χ2n) is 6.11. The van der Waals surface area contributed by atoms with Gasteiger partial charge in [0.25, 0.3) is 0 Å². The maximum atomic E-state index is 11.8. The number of aryl methyl sites for hydroxylation is 1. The topological polar surface area (TPSA) is 61.4 Å². The van der Waals surface area contributed by atoms with Crippen LogP contribution in [0.15, 0.2) is 24.3 Å². The van der Waals surface area contributed by atoms with Gasteiger partial charge < -0.3 is 15.7 Å². The minimum Gasteiger partial charge on any atom is -0.389 e. The molecule has 0 heterocycles. The Morgan fingerprint density at radius 2 is 1.90 bits per heavy atom. The van der Waals surface area contributed by atoms with Crippen molar-refractivity contribution in [2.75, 3.05) is 18.4 Å². The molecule has 1 aromatic rings. The van der Waals surface area contributed by atoms with Crippen LogP contribution >= 0.6 is 0 Å². The molecule has 0 bridgehead atoms. The number of amides is 1. The Hall–Kier alpha value is -1.39. The molecule has 4 heteroatoms. The highest BCUT2D eigenvalue weighted by molar-refractivity contribution is 5.92. The highest BCUT2D eigenvalue weighted by atomic mass is 16.3. The van der Waals surface area contributed by atoms with E-state index >= 15 is 0 Å². The molecule has 20 heavy (non-hydrogen) atoms. The first-order chi connectivity index (χ1) is 9.28. The van der Waals surface area contributed by atoms with Gasteiger partial charge in [-0.3, -0.25) is 4.79 Å². The van der Waals surface area contributed by atoms with Gasteiger partial charge in [0.05, 0.1) is 12.1 Å². The molecular formula is C16H26N2O2. The Bertz CT molecular complexity index is 425. The van der Waals surface area contributed by atoms with Crippen LogP contribution in [0.5, 0.6) is 0 Å². The van der Waals surface area contributed by atoms with E-state index in [4.69, 9.17) is 0 Å². The van der Waals surface area contributed by atoms with Crippen LogP contribution in [0.3, 0.4) is 0 Å². The van der Waals surface area contributed by atoms with Crippen molar-refractivity contribution in [3.05, 3.63) is 29.8 Å². The number of hydrogen-bond donors (Lipinski definition) is 3. The Balaban J connectivity index is 2.31. The third-order valence-corrected chi connectivity index (χ3v) is 2.97. The van der Waals surface area contributed by atoms with E-state index in [0.717, 1.165) is 11.3 Å². The van der Waals surface area contributed by atoms with Crippen LogP contribution < -0.4 is 10.6 Å². The van der Waals surface area contributed by atoms with Crippen LogP contribution in [-0.4, -0.2) is 29.7 Å². The summed E-state index contributed by atoms with van der Waals surface area (Å²) in [5, 5.41) is 15.9. The smallest absolute Gasteiger partial charge is 0.238 e. The van der Waals surface area contributed by atoms with E-state index in [1.807, 2.05) is 31.2 Å². The van der Waals surface area contributed by atoms with Gasteiger partial charge in [-0.15, -0.1) is 0 Å². The molecule has 0 aliphatic heterocycles. The first-order valence-electron chi connectivity index (χ1n) is 7.08. The van der Waals surface area contributed by atoms with E-state index in [2.05, 4.69) is 24.5 Å². The van der Waals surface area contributed by atoms with Crippen molar-refractivity contribution in [2.24, 2.45) is 5.92 Å². The molecule has 1 amide bonds. The molecule has 0 spiro atoms. The molecule has 0 saturated heterocycles. The standard InChI is InChI=1S/C16H26N2O2/c1-12(2)9-16(4,20)11-17-10-15(19)18-14-7-5-13(3)6-8-14/h5-8,12,17,20H,9-11H2,1-4H3,(H,18,19). The van der Waals surface area contributed by atoms with Gasteiger partial charge in [0, 0.05) is 12.2 Å². The number of nitrogens with one attached hydrogen (secondary N) is 2. The summed E-state index contributed by atoms with van der Waals surface area (Å²) in [4.78, 5) is 11.8. The van der Waals surface area contributed by atoms with Crippen molar-refractivity contribution in [3.63, 3.8) is 0 Å². The van der Waals surface area contributed by atoms with E-state index in [-0.39, 0.29) is 12.5 Å². The third kappa shape index (κ3) is 6.68. The quantitative estimate of drug-likeness (QED) is 0.717. The maximum Gasteiger partial charge on any atom is 0.238 e. The van der Waals surface area contributed by atoms with Crippen molar-refractivity contribution in [1.82, 2.24) is 5.32 Å². The number of benzene rings is 1. The summed E-state index contributed by atoms with van der Waals surface area (Å²) in [6, 6.07) is 7.66. The summed E-state index contributed by atoms with van der Waals surface area (Å²) in [6.45, 7) is 8.54. The summed E-state index contributed by atoms with van der Waals surface area (Å²) < 4.78 is 0. The lowest BCUT2D eigenvalue weighted by Gasteiger charge is -2.25. The fraction of sp³-hybridized carbons (Fsp3) is 0.562. The summed E-state index contributed by atoms with van der Waals surface area (Å²) >= 11 is 0. The van der Waals surface area contributed by atoms with Crippen LogP contribution in [0, 0.1) is 12.8 Å². The lowest BCUT2D eigenvalue weighted by molar-refractivity contribution is -0.115. The minimum atomic E-state index is -0.779. The molecule has 0 aliphatic carbocycles. The van der Waals surface area contributed by atoms with Crippen LogP contribution in [0.25, 0.3) is 0 Å². The van der Waals surface area contributed by atoms with Crippen molar-refractivity contribution >= 4 is 11.6 Å². The number of aliphatic hydroxyl groups is 1. The summed E-state index contributed by atoms with van der Waals surface area (Å²) in [5.41, 5.74) is 1.17. The Morgan fingerprint density at radius 1 is 1.30 bits per heavy atom. The van der Waals surface area contributed by atoms with Crippen LogP contribution in [0.2, 0.25) is 0 Å². The largest absolute Gasteiger partial charge is 0.389 e. The lowest BCUT2D eigenvalue weighted by atomic mass is 9.94. The fourth-order valence-electron chi connectivity index (χ4n) is 2.24. The van der Waals surface area contributed by atoms with E-state index in [1.54, 1.807) is 6.92 Å². The highest BCUT2D eigenvalue weighted by Crippen LogP contribution is 2.14. The van der Waals surface area contributed by atoms with E-state index in [0.29, 0.717) is 18.9 Å². The van der Waals surface area contributed by atoms with E-state index in [9.17, 15) is 9.90 Å². The second kappa shape index (κ2) is 7.41. The number of rotatable bonds is 7. The average Bonchev–Trinajstić information content (AvgIpc) is 2.30. The number of carbonyl (C=O) groups is 1. The monoisotopic (exact) mass is 278 g/mol. The molecule has 112 valence electrons. The van der Waals surface area contributed by atoms with Gasteiger partial charge in [0.1, 0.15) is 0 Å². The van der Waals surface area contributed by atoms with Gasteiger partial charge >= 0.3 is 0 Å². The fourth-order valence-corrected chi connectivity index (χ4v) is 2.24. The maximum absolute atomic E-state index is 11.8. The number of anilines is 1. The SMILES string of the molecule is Cc1ccc(NC(=O)CNCC(C)(O)CC(C)C)cc1. The van der Waals surface area contributed by atoms with E-state index < -0.39 is 5.60 Å². The molecule has 1 atom stereocenters. The van der Waals surface area contributed by atoms with Crippen LogP contribution in [0.4, 0.5) is 5.69 Å². The Morgan fingerprint density at radius 3 is 2.45 bits per heavy atom. The van der Waals surface area contributed by atoms with Gasteiger partial charge in [-0.05, 0) is 38.3 Å². The molecule has 0 radical (unpaired) electrons. The van der Waals surface area contributed by atoms with Gasteiger partial charge in [-0.2, -0.15) is 0 Å². The molecular weight excluding hydrogens is 252 g/mol. The third-order valence-electron chi connectivity index (χ3n) is 2.97. The van der Waals surface area contributed by atoms with E-state index in [1.165, 1.54) is 0 Å². The predicted octanol–water partition coefficient (Wildman–Crippen LogP) is 2.32. The number of hydrogen-bond acceptors (Lipinski definition) is 3. The zero-order valence-electron chi connectivity index (χ0n) is 12.9. The summed E-state index contributed by atoms with van der Waals surface area (Å²) in [7, 11) is 0. The van der Waals surface area contributed by atoms with Gasteiger partial charge in [0.2, 0.25) is 5.91 Å². The van der Waals surface area contributed by atoms with Crippen molar-refractivity contribution in [1.29, 1.82) is 0 Å². The molecule has 0 saturated carbocycles. The molecule has 1 aromatic carbocycles. The first kappa shape index (κ1) is 16.7. The van der Waals surface area contributed by atoms with Crippen LogP contribution in [0.1, 0.15) is 32.8 Å². The first-order valence-corrected chi connectivity index (χ1v) is 7.08. The minimum absolute atomic E-state index is 0.103. The molecule has 1 unspecified atom stereocenters. The molecule has 1 rings (SSSR count). The Kier molecular flexibility index (Phi) is 6.17. The second-order valence-corrected chi connectivity index (χ2v) is 6.11. The molecule has 0 aromatic heterocycles. The average molecular weight is 278 g/mol. The van der Waals surface area contributed by atoms with Gasteiger partial charge in [-0.1, -0.05) is 31.5 Å². The predicted molar refractivity (Wildman–Crippen MR) is 82.8 cm³/mol. The molecule has 0 fully saturated rings. The van der Waals surface area contributed by atoms with Gasteiger partial charge in [-0.25, -0.2) is 0 Å². The zero-order chi connectivity index (χ0) is 15.2. The zero-order valence-corrected chi connectivity index (χ0v) is 12.9. The molecule has 3 N–H and O–H groups in total. The molecule has 4 nitrogen and oxygen atoms in total. The van der Waals surface area contributed by atoms with Crippen molar-refractivity contribution < 1.29 is 9.90 Å². The highest BCUT2D eigenvalue weighted by Gasteiger charge is 2.21. The summed E-state index contributed by atoms with van der Waals surface area (Å²) in [6.07, 6.45) is 0.708. The van der Waals surface area contributed by atoms with Crippen molar-refractivity contribution in [2.45, 2.75) is 39.7 Å². The lowest BCUT2D eigenvalue weighted by Crippen LogP contribution is -2.41. The molecule has 0 aliphatic rings. The van der Waals surface area contributed by atoms with Crippen LogP contribution in [-0.2, 0) is 4.79 Å². The van der Waals surface area contributed by atoms with Crippen molar-refractivity contribution in [3.8, 4) is 0 Å².